The van der Waals surface area contributed by atoms with Gasteiger partial charge in [-0.25, -0.2) is 18.8 Å². The summed E-state index contributed by atoms with van der Waals surface area (Å²) in [6.45, 7) is 0.361. The van der Waals surface area contributed by atoms with Crippen LogP contribution in [0, 0.1) is 4.78 Å². The molecule has 0 aliphatic heterocycles. The van der Waals surface area contributed by atoms with Gasteiger partial charge in [-0.3, -0.25) is 0 Å². The number of hydrogen-bond donors (Lipinski definition) is 3. The van der Waals surface area contributed by atoms with E-state index in [0.29, 0.717) is 6.54 Å². The van der Waals surface area contributed by atoms with Crippen molar-refractivity contribution in [2.45, 2.75) is 6.54 Å². The average molecular weight is 185 g/mol. The molecule has 1 rings (SSSR count). The van der Waals surface area contributed by atoms with Gasteiger partial charge in [-0.1, -0.05) is 30.3 Å². The summed E-state index contributed by atoms with van der Waals surface area (Å²) in [5.41, 5.74) is 0.961. The lowest BCUT2D eigenvalue weighted by Gasteiger charge is -2.02. The van der Waals surface area contributed by atoms with Gasteiger partial charge < -0.3 is 0 Å². The Morgan fingerprint density at radius 3 is 2.50 bits per heavy atom. The predicted octanol–water partition coefficient (Wildman–Crippen LogP) is 0.612. The minimum atomic E-state index is -3.07. The number of benzene rings is 1. The van der Waals surface area contributed by atoms with Gasteiger partial charge in [0.2, 0.25) is 0 Å². The third-order valence-corrected chi connectivity index (χ3v) is 1.91. The molecule has 0 fully saturated rings. The molecule has 0 saturated carbocycles. The Hall–Kier alpha value is -0.910. The fourth-order valence-corrected chi connectivity index (χ4v) is 1.17. The van der Waals surface area contributed by atoms with Crippen LogP contribution in [0.5, 0.6) is 0 Å². The van der Waals surface area contributed by atoms with Crippen molar-refractivity contribution in [3.63, 3.8) is 0 Å². The molecule has 1 aromatic rings. The second-order valence-electron chi connectivity index (χ2n) is 2.41. The predicted molar refractivity (Wildman–Crippen MR) is 48.3 cm³/mol. The van der Waals surface area contributed by atoms with Crippen LogP contribution >= 0.6 is 0 Å². The summed E-state index contributed by atoms with van der Waals surface area (Å²) in [7, 11) is -3.07. The second kappa shape index (κ2) is 3.66. The highest BCUT2D eigenvalue weighted by Crippen LogP contribution is 1.97. The summed E-state index contributed by atoms with van der Waals surface area (Å²) in [5.74, 6) is 0. The van der Waals surface area contributed by atoms with Crippen LogP contribution < -0.4 is 9.86 Å². The minimum absolute atomic E-state index is 0.361. The standard InChI is InChI=1S/C7H11N3OS/c8-12(9,11)10-6-7-4-2-1-3-5-7/h1-5H,6H2,(H4,8,9,10,11). The van der Waals surface area contributed by atoms with Crippen LogP contribution in [-0.2, 0) is 16.6 Å². The molecule has 4 nitrogen and oxygen atoms in total. The maximum absolute atomic E-state index is 10.7. The van der Waals surface area contributed by atoms with E-state index in [9.17, 15) is 4.21 Å². The lowest BCUT2D eigenvalue weighted by Crippen LogP contribution is -2.28. The first-order valence-electron chi connectivity index (χ1n) is 3.43. The van der Waals surface area contributed by atoms with Crippen LogP contribution in [0.1, 0.15) is 5.56 Å². The van der Waals surface area contributed by atoms with Gasteiger partial charge in [-0.15, -0.1) is 0 Å². The lowest BCUT2D eigenvalue weighted by atomic mass is 10.2. The van der Waals surface area contributed by atoms with Crippen molar-refractivity contribution in [3.05, 3.63) is 35.9 Å². The van der Waals surface area contributed by atoms with Gasteiger partial charge >= 0.3 is 0 Å². The molecule has 5 heteroatoms. The van der Waals surface area contributed by atoms with Gasteiger partial charge in [0.25, 0.3) is 0 Å². The maximum Gasteiger partial charge on any atom is 0.167 e. The molecule has 0 spiro atoms. The lowest BCUT2D eigenvalue weighted by molar-refractivity contribution is 0.663. The van der Waals surface area contributed by atoms with Crippen LogP contribution in [0.2, 0.25) is 0 Å². The van der Waals surface area contributed by atoms with Crippen LogP contribution in [-0.4, -0.2) is 4.21 Å². The molecule has 0 aromatic heterocycles. The van der Waals surface area contributed by atoms with Gasteiger partial charge in [0.15, 0.2) is 10.1 Å². The number of nitrogens with one attached hydrogen (secondary N) is 2. The SMILES string of the molecule is N=S(N)(=O)NCc1ccccc1. The zero-order valence-corrected chi connectivity index (χ0v) is 7.30. The Morgan fingerprint density at radius 1 is 1.42 bits per heavy atom. The summed E-state index contributed by atoms with van der Waals surface area (Å²) in [5, 5.41) is 4.97. The van der Waals surface area contributed by atoms with Crippen molar-refractivity contribution in [1.29, 1.82) is 4.78 Å². The van der Waals surface area contributed by atoms with Crippen LogP contribution in [0.15, 0.2) is 30.3 Å². The molecule has 0 amide bonds. The molecular formula is C7H11N3OS. The van der Waals surface area contributed by atoms with Gasteiger partial charge in [0, 0.05) is 6.54 Å². The van der Waals surface area contributed by atoms with E-state index in [1.165, 1.54) is 0 Å². The Balaban J connectivity index is 2.56. The van der Waals surface area contributed by atoms with E-state index in [0.717, 1.165) is 5.56 Å². The Bertz CT molecular complexity index is 333. The van der Waals surface area contributed by atoms with Crippen LogP contribution in [0.4, 0.5) is 0 Å². The molecule has 0 bridgehead atoms. The topological polar surface area (TPSA) is 79.0 Å². The smallest absolute Gasteiger partial charge is 0.167 e. The van der Waals surface area contributed by atoms with Crippen LogP contribution in [0.3, 0.4) is 0 Å². The van der Waals surface area contributed by atoms with E-state index < -0.39 is 10.1 Å². The van der Waals surface area contributed by atoms with Crippen molar-refractivity contribution in [1.82, 2.24) is 4.72 Å². The second-order valence-corrected chi connectivity index (χ2v) is 3.90. The Labute approximate surface area is 72.0 Å². The number of hydrogen-bond acceptors (Lipinski definition) is 2. The highest BCUT2D eigenvalue weighted by Gasteiger charge is 1.95. The average Bonchev–Trinajstić information content (AvgIpc) is 2.02. The van der Waals surface area contributed by atoms with Crippen LogP contribution in [0.25, 0.3) is 0 Å². The summed E-state index contributed by atoms with van der Waals surface area (Å²) < 4.78 is 20.0. The molecule has 1 atom stereocenters. The van der Waals surface area contributed by atoms with E-state index in [4.69, 9.17) is 9.92 Å². The summed E-state index contributed by atoms with van der Waals surface area (Å²) >= 11 is 0. The Kier molecular flexibility index (Phi) is 2.80. The largest absolute Gasteiger partial charge is 0.233 e. The minimum Gasteiger partial charge on any atom is -0.233 e. The molecule has 4 N–H and O–H groups in total. The zero-order chi connectivity index (χ0) is 9.03. The molecule has 0 aliphatic rings. The van der Waals surface area contributed by atoms with E-state index in [1.807, 2.05) is 30.3 Å². The normalized spacial score (nSPS) is 15.4. The molecule has 0 heterocycles. The van der Waals surface area contributed by atoms with Crippen molar-refractivity contribution in [2.75, 3.05) is 0 Å². The molecule has 66 valence electrons. The molecular weight excluding hydrogens is 174 g/mol. The molecule has 0 aliphatic carbocycles. The van der Waals surface area contributed by atoms with Gasteiger partial charge in [-0.05, 0) is 5.56 Å². The highest BCUT2D eigenvalue weighted by molar-refractivity contribution is 7.88. The first kappa shape index (κ1) is 9.18. The van der Waals surface area contributed by atoms with Crippen molar-refractivity contribution < 1.29 is 4.21 Å². The van der Waals surface area contributed by atoms with E-state index in [-0.39, 0.29) is 0 Å². The van der Waals surface area contributed by atoms with Crippen molar-refractivity contribution >= 4 is 10.1 Å². The van der Waals surface area contributed by atoms with Gasteiger partial charge in [0.05, 0.1) is 0 Å². The highest BCUT2D eigenvalue weighted by atomic mass is 32.2. The zero-order valence-electron chi connectivity index (χ0n) is 6.49. The van der Waals surface area contributed by atoms with E-state index >= 15 is 0 Å². The number of rotatable bonds is 3. The van der Waals surface area contributed by atoms with Crippen molar-refractivity contribution in [3.8, 4) is 0 Å². The Morgan fingerprint density at radius 2 is 2.00 bits per heavy atom. The first-order valence-corrected chi connectivity index (χ1v) is 5.05. The molecule has 1 unspecified atom stereocenters. The fourth-order valence-electron chi connectivity index (χ4n) is 0.786. The van der Waals surface area contributed by atoms with Gasteiger partial charge in [-0.2, -0.15) is 0 Å². The van der Waals surface area contributed by atoms with Gasteiger partial charge in [0.1, 0.15) is 0 Å². The monoisotopic (exact) mass is 185 g/mol. The number of nitrogens with two attached hydrogens (primary N) is 1. The molecule has 12 heavy (non-hydrogen) atoms. The molecule has 0 radical (unpaired) electrons. The van der Waals surface area contributed by atoms with Crippen molar-refractivity contribution in [2.24, 2.45) is 5.14 Å². The molecule has 1 aromatic carbocycles. The maximum atomic E-state index is 10.7. The quantitative estimate of drug-likeness (QED) is 0.634. The van der Waals surface area contributed by atoms with E-state index in [1.54, 1.807) is 0 Å². The fraction of sp³-hybridized carbons (Fsp3) is 0.143. The first-order chi connectivity index (χ1) is 5.58. The van der Waals surface area contributed by atoms with E-state index in [2.05, 4.69) is 4.72 Å². The third kappa shape index (κ3) is 3.47. The summed E-state index contributed by atoms with van der Waals surface area (Å²) in [6.07, 6.45) is 0. The summed E-state index contributed by atoms with van der Waals surface area (Å²) in [6, 6.07) is 9.39. The molecule has 0 saturated heterocycles. The third-order valence-electron chi connectivity index (χ3n) is 1.33. The summed E-state index contributed by atoms with van der Waals surface area (Å²) in [4.78, 5) is 0.